The summed E-state index contributed by atoms with van der Waals surface area (Å²) in [5.41, 5.74) is 1.87. The van der Waals surface area contributed by atoms with Crippen LogP contribution >= 0.6 is 11.8 Å². The zero-order valence-corrected chi connectivity index (χ0v) is 19.5. The first-order valence-corrected chi connectivity index (χ1v) is 14.1. The number of piperidine rings is 1. The molecular formula is C23H29N3O4S2. The lowest BCUT2D eigenvalue weighted by Crippen LogP contribution is -2.57. The molecule has 7 nitrogen and oxygen atoms in total. The van der Waals surface area contributed by atoms with Crippen molar-refractivity contribution in [3.8, 4) is 0 Å². The first-order chi connectivity index (χ1) is 15.4. The van der Waals surface area contributed by atoms with Crippen LogP contribution in [0.15, 0.2) is 35.7 Å². The highest BCUT2D eigenvalue weighted by molar-refractivity contribution is 8.03. The van der Waals surface area contributed by atoms with E-state index in [1.54, 1.807) is 11.8 Å². The largest absolute Gasteiger partial charge is 0.352 e. The lowest BCUT2D eigenvalue weighted by Gasteiger charge is -2.44. The number of sulfone groups is 1. The van der Waals surface area contributed by atoms with Crippen molar-refractivity contribution in [3.05, 3.63) is 41.3 Å². The Morgan fingerprint density at radius 2 is 1.91 bits per heavy atom. The third-order valence-electron chi connectivity index (χ3n) is 7.27. The molecule has 1 aliphatic carbocycles. The molecule has 5 atom stereocenters. The van der Waals surface area contributed by atoms with E-state index in [2.05, 4.69) is 15.5 Å². The van der Waals surface area contributed by atoms with E-state index in [1.165, 1.54) is 0 Å². The average molecular weight is 476 g/mol. The fourth-order valence-electron chi connectivity index (χ4n) is 5.39. The van der Waals surface area contributed by atoms with E-state index in [0.717, 1.165) is 24.1 Å². The number of hydrogen-bond acceptors (Lipinski definition) is 6. The van der Waals surface area contributed by atoms with Crippen LogP contribution in [0.4, 0.5) is 5.69 Å². The Hall–Kier alpha value is -1.84. The SMILES string of the molecule is O=C(Nc1ccc(CN2CCS(=O)(=O)CC2)cc1)C1CCC2C(C1)NC(=O)C1C=CSC12. The molecular weight excluding hydrogens is 446 g/mol. The van der Waals surface area contributed by atoms with Gasteiger partial charge >= 0.3 is 0 Å². The van der Waals surface area contributed by atoms with Crippen molar-refractivity contribution in [1.82, 2.24) is 10.2 Å². The molecule has 3 heterocycles. The van der Waals surface area contributed by atoms with Gasteiger partial charge in [0, 0.05) is 42.5 Å². The lowest BCUT2D eigenvalue weighted by molar-refractivity contribution is -0.130. The summed E-state index contributed by atoms with van der Waals surface area (Å²) < 4.78 is 23.2. The van der Waals surface area contributed by atoms with Crippen LogP contribution in [0.2, 0.25) is 0 Å². The summed E-state index contributed by atoms with van der Waals surface area (Å²) in [6.45, 7) is 1.85. The highest BCUT2D eigenvalue weighted by atomic mass is 32.2. The second kappa shape index (κ2) is 8.83. The molecule has 2 amide bonds. The summed E-state index contributed by atoms with van der Waals surface area (Å²) in [7, 11) is -2.87. The highest BCUT2D eigenvalue weighted by Crippen LogP contribution is 2.45. The van der Waals surface area contributed by atoms with Gasteiger partial charge in [0.15, 0.2) is 9.84 Å². The Morgan fingerprint density at radius 3 is 2.66 bits per heavy atom. The van der Waals surface area contributed by atoms with Crippen LogP contribution in [-0.2, 0) is 26.0 Å². The van der Waals surface area contributed by atoms with Gasteiger partial charge < -0.3 is 10.6 Å². The molecule has 0 spiro atoms. The molecule has 172 valence electrons. The van der Waals surface area contributed by atoms with Gasteiger partial charge in [-0.3, -0.25) is 14.5 Å². The Kier molecular flexibility index (Phi) is 6.07. The van der Waals surface area contributed by atoms with Gasteiger partial charge in [-0.2, -0.15) is 0 Å². The number of benzene rings is 1. The van der Waals surface area contributed by atoms with Gasteiger partial charge in [-0.15, -0.1) is 11.8 Å². The monoisotopic (exact) mass is 475 g/mol. The number of hydrogen-bond donors (Lipinski definition) is 2. The minimum absolute atomic E-state index is 0.0144. The summed E-state index contributed by atoms with van der Waals surface area (Å²) in [6.07, 6.45) is 4.52. The molecule has 0 bridgehead atoms. The van der Waals surface area contributed by atoms with Crippen LogP contribution in [0, 0.1) is 17.8 Å². The van der Waals surface area contributed by atoms with E-state index in [9.17, 15) is 18.0 Å². The molecule has 0 aromatic heterocycles. The smallest absolute Gasteiger partial charge is 0.228 e. The van der Waals surface area contributed by atoms with E-state index in [-0.39, 0.29) is 41.2 Å². The van der Waals surface area contributed by atoms with Gasteiger partial charge in [0.05, 0.1) is 17.4 Å². The predicted octanol–water partition coefficient (Wildman–Crippen LogP) is 2.02. The predicted molar refractivity (Wildman–Crippen MR) is 126 cm³/mol. The number of nitrogens with zero attached hydrogens (tertiary/aromatic N) is 1. The van der Waals surface area contributed by atoms with Crippen molar-refractivity contribution >= 4 is 39.1 Å². The first kappa shape index (κ1) is 22.0. The number of amides is 2. The van der Waals surface area contributed by atoms with E-state index < -0.39 is 9.84 Å². The zero-order valence-electron chi connectivity index (χ0n) is 17.9. The summed E-state index contributed by atoms with van der Waals surface area (Å²) in [5, 5.41) is 8.58. The van der Waals surface area contributed by atoms with Crippen LogP contribution in [-0.4, -0.2) is 61.0 Å². The van der Waals surface area contributed by atoms with Gasteiger partial charge in [0.25, 0.3) is 0 Å². The molecule has 0 radical (unpaired) electrons. The average Bonchev–Trinajstić information content (AvgIpc) is 3.27. The Labute approximate surface area is 193 Å². The minimum Gasteiger partial charge on any atom is -0.352 e. The zero-order chi connectivity index (χ0) is 22.3. The minimum atomic E-state index is -2.87. The summed E-state index contributed by atoms with van der Waals surface area (Å²) in [6, 6.07) is 7.88. The Bertz CT molecular complexity index is 1010. The van der Waals surface area contributed by atoms with E-state index in [4.69, 9.17) is 0 Å². The van der Waals surface area contributed by atoms with Crippen LogP contribution < -0.4 is 10.6 Å². The number of carbonyl (C=O) groups excluding carboxylic acids is 2. The number of anilines is 1. The molecule has 3 fully saturated rings. The number of nitrogens with one attached hydrogen (secondary N) is 2. The molecule has 1 saturated carbocycles. The molecule has 3 aliphatic heterocycles. The molecule has 9 heteroatoms. The summed E-state index contributed by atoms with van der Waals surface area (Å²) in [5.74, 6) is 0.891. The van der Waals surface area contributed by atoms with Gasteiger partial charge in [-0.1, -0.05) is 18.2 Å². The lowest BCUT2D eigenvalue weighted by atomic mass is 9.71. The van der Waals surface area contributed by atoms with Crippen molar-refractivity contribution in [3.63, 3.8) is 0 Å². The third-order valence-corrected chi connectivity index (χ3v) is 10.1. The Morgan fingerprint density at radius 1 is 1.16 bits per heavy atom. The molecule has 2 saturated heterocycles. The van der Waals surface area contributed by atoms with Crippen molar-refractivity contribution in [2.45, 2.75) is 37.1 Å². The van der Waals surface area contributed by atoms with Crippen molar-refractivity contribution in [2.24, 2.45) is 17.8 Å². The van der Waals surface area contributed by atoms with Crippen molar-refractivity contribution in [1.29, 1.82) is 0 Å². The number of thioether (sulfide) groups is 1. The third kappa shape index (κ3) is 4.61. The van der Waals surface area contributed by atoms with Crippen molar-refractivity contribution < 1.29 is 18.0 Å². The van der Waals surface area contributed by atoms with Gasteiger partial charge in [0.1, 0.15) is 0 Å². The number of fused-ring (bicyclic) bond motifs is 3. The standard InChI is InChI=1S/C23H29N3O4S2/c27-22(16-3-6-18-20(13-16)25-23(28)19-7-10-31-21(18)19)24-17-4-1-15(2-5-17)14-26-8-11-32(29,30)12-9-26/h1-2,4-5,7,10,16,18-21H,3,6,8-9,11-14H2,(H,24,27)(H,25,28). The van der Waals surface area contributed by atoms with Crippen LogP contribution in [0.1, 0.15) is 24.8 Å². The second-order valence-electron chi connectivity index (χ2n) is 9.36. The highest BCUT2D eigenvalue weighted by Gasteiger charge is 2.47. The van der Waals surface area contributed by atoms with Crippen LogP contribution in [0.5, 0.6) is 0 Å². The van der Waals surface area contributed by atoms with E-state index in [1.807, 2.05) is 35.7 Å². The van der Waals surface area contributed by atoms with E-state index >= 15 is 0 Å². The quantitative estimate of drug-likeness (QED) is 0.692. The van der Waals surface area contributed by atoms with Gasteiger partial charge in [-0.25, -0.2) is 8.42 Å². The molecule has 1 aromatic rings. The second-order valence-corrected chi connectivity index (χ2v) is 12.8. The molecule has 1 aromatic carbocycles. The summed E-state index contributed by atoms with van der Waals surface area (Å²) >= 11 is 1.77. The topological polar surface area (TPSA) is 95.6 Å². The van der Waals surface area contributed by atoms with Crippen molar-refractivity contribution in [2.75, 3.05) is 29.9 Å². The first-order valence-electron chi connectivity index (χ1n) is 11.3. The molecule has 5 rings (SSSR count). The fraction of sp³-hybridized carbons (Fsp3) is 0.565. The maximum Gasteiger partial charge on any atom is 0.228 e. The number of carbonyl (C=O) groups is 2. The molecule has 32 heavy (non-hydrogen) atoms. The molecule has 4 aliphatic rings. The van der Waals surface area contributed by atoms with Gasteiger partial charge in [-0.05, 0) is 48.3 Å². The Balaban J connectivity index is 1.14. The fourth-order valence-corrected chi connectivity index (χ4v) is 8.02. The normalized spacial score (nSPS) is 33.8. The van der Waals surface area contributed by atoms with Crippen LogP contribution in [0.25, 0.3) is 0 Å². The van der Waals surface area contributed by atoms with Crippen LogP contribution in [0.3, 0.4) is 0 Å². The van der Waals surface area contributed by atoms with E-state index in [0.29, 0.717) is 37.2 Å². The maximum absolute atomic E-state index is 12.9. The number of rotatable bonds is 4. The summed E-state index contributed by atoms with van der Waals surface area (Å²) in [4.78, 5) is 27.4. The molecule has 5 unspecified atom stereocenters. The van der Waals surface area contributed by atoms with Gasteiger partial charge in [0.2, 0.25) is 11.8 Å². The maximum atomic E-state index is 12.9. The molecule has 2 N–H and O–H groups in total.